The molecule has 2 aliphatic heterocycles. The van der Waals surface area contributed by atoms with Crippen LogP contribution in [0.2, 0.25) is 5.02 Å². The molecule has 4 atom stereocenters. The Morgan fingerprint density at radius 2 is 1.63 bits per heavy atom. The lowest BCUT2D eigenvalue weighted by Gasteiger charge is -2.40. The summed E-state index contributed by atoms with van der Waals surface area (Å²) in [5.41, 5.74) is 2.66. The number of aryl methyl sites for hydroxylation is 1. The molecule has 43 heavy (non-hydrogen) atoms. The molecule has 0 saturated carbocycles. The first-order valence-corrected chi connectivity index (χ1v) is 15.1. The third kappa shape index (κ3) is 4.70. The minimum Gasteiger partial charge on any atom is -0.323 e. The maximum absolute atomic E-state index is 14.8. The number of anilines is 2. The minimum atomic E-state index is -1.60. The number of carbonyl (C=O) groups is 3. The largest absolute Gasteiger partial charge is 0.323 e. The topological polar surface area (TPSA) is 78.5 Å². The molecule has 1 fully saturated rings. The second kappa shape index (κ2) is 11.3. The van der Waals surface area contributed by atoms with Crippen LogP contribution >= 0.6 is 11.6 Å². The summed E-state index contributed by atoms with van der Waals surface area (Å²) in [6.45, 7) is 6.13. The average Bonchev–Trinajstić information content (AvgIpc) is 3.50. The summed E-state index contributed by atoms with van der Waals surface area (Å²) in [4.78, 5) is 45.7. The van der Waals surface area contributed by atoms with Gasteiger partial charge in [0.1, 0.15) is 0 Å². The van der Waals surface area contributed by atoms with Gasteiger partial charge < -0.3 is 15.5 Å². The predicted octanol–water partition coefficient (Wildman–Crippen LogP) is 7.91. The van der Waals surface area contributed by atoms with Crippen LogP contribution in [0.1, 0.15) is 53.7 Å². The van der Waals surface area contributed by atoms with Crippen LogP contribution in [0.3, 0.4) is 0 Å². The third-order valence-electron chi connectivity index (χ3n) is 8.87. The first kappa shape index (κ1) is 28.7. The van der Waals surface area contributed by atoms with E-state index in [-0.39, 0.29) is 17.6 Å². The first-order chi connectivity index (χ1) is 20.8. The zero-order valence-electron chi connectivity index (χ0n) is 24.4. The molecule has 4 aromatic rings. The number of benzene rings is 4. The lowest BCUT2D eigenvalue weighted by Crippen LogP contribution is -2.58. The number of ketones is 1. The van der Waals surface area contributed by atoms with Crippen molar-refractivity contribution in [2.75, 3.05) is 10.6 Å². The van der Waals surface area contributed by atoms with E-state index >= 15 is 0 Å². The van der Waals surface area contributed by atoms with E-state index in [4.69, 9.17) is 11.6 Å². The van der Waals surface area contributed by atoms with Crippen LogP contribution in [0.5, 0.6) is 0 Å². The SMILES string of the molecule is CCc1cccc(NC(=O)N2C(C(C)C)C(c3ccc(Cl)cc3)C(C(=O)c3ccccc3)C23C(=O)Nc2ccccc23)c1. The van der Waals surface area contributed by atoms with Gasteiger partial charge in [0, 0.05) is 39.5 Å². The average molecular weight is 592 g/mol. The van der Waals surface area contributed by atoms with Crippen molar-refractivity contribution in [3.05, 3.63) is 130 Å². The number of amides is 3. The van der Waals surface area contributed by atoms with E-state index in [0.29, 0.717) is 27.5 Å². The molecule has 2 N–H and O–H groups in total. The third-order valence-corrected chi connectivity index (χ3v) is 9.12. The van der Waals surface area contributed by atoms with E-state index in [2.05, 4.69) is 17.6 Å². The fourth-order valence-electron chi connectivity index (χ4n) is 7.09. The highest BCUT2D eigenvalue weighted by molar-refractivity contribution is 6.30. The number of hydrogen-bond donors (Lipinski definition) is 2. The summed E-state index contributed by atoms with van der Waals surface area (Å²) < 4.78 is 0. The lowest BCUT2D eigenvalue weighted by molar-refractivity contribution is -0.126. The maximum Gasteiger partial charge on any atom is 0.323 e. The number of carbonyl (C=O) groups excluding carboxylic acids is 3. The highest BCUT2D eigenvalue weighted by atomic mass is 35.5. The highest BCUT2D eigenvalue weighted by Crippen LogP contribution is 2.60. The fourth-order valence-corrected chi connectivity index (χ4v) is 7.21. The molecule has 1 saturated heterocycles. The van der Waals surface area contributed by atoms with E-state index in [9.17, 15) is 14.4 Å². The Balaban J connectivity index is 1.63. The molecule has 0 aromatic heterocycles. The standard InChI is InChI=1S/C36H34ClN3O3/c1-4-23-11-10-14-27(21-23)38-35(43)40-32(22(2)3)30(24-17-19-26(37)20-18-24)31(33(41)25-12-6-5-7-13-25)36(40)28-15-8-9-16-29(28)39-34(36)42/h5-22,30-32H,4H2,1-3H3,(H,38,43)(H,39,42). The molecule has 0 radical (unpaired) electrons. The predicted molar refractivity (Wildman–Crippen MR) is 171 cm³/mol. The van der Waals surface area contributed by atoms with Crippen LogP contribution in [-0.2, 0) is 16.8 Å². The second-order valence-corrected chi connectivity index (χ2v) is 12.1. The zero-order chi connectivity index (χ0) is 30.3. The fraction of sp³-hybridized carbons (Fsp3) is 0.250. The van der Waals surface area contributed by atoms with E-state index < -0.39 is 29.4 Å². The molecule has 6 nitrogen and oxygen atoms in total. The molecule has 4 unspecified atom stereocenters. The summed E-state index contributed by atoms with van der Waals surface area (Å²) in [5, 5.41) is 6.71. The van der Waals surface area contributed by atoms with Crippen LogP contribution in [-0.4, -0.2) is 28.7 Å². The molecular weight excluding hydrogens is 558 g/mol. The van der Waals surface area contributed by atoms with Crippen LogP contribution < -0.4 is 10.6 Å². The summed E-state index contributed by atoms with van der Waals surface area (Å²) in [6, 6.07) is 30.6. The molecule has 4 aromatic carbocycles. The number of nitrogens with zero attached hydrogens (tertiary/aromatic N) is 1. The summed E-state index contributed by atoms with van der Waals surface area (Å²) in [5.74, 6) is -2.11. The smallest absolute Gasteiger partial charge is 0.323 e. The Bertz CT molecular complexity index is 1690. The number of likely N-dealkylation sites (tertiary alicyclic amines) is 1. The van der Waals surface area contributed by atoms with Gasteiger partial charge in [0.05, 0.1) is 5.92 Å². The number of rotatable bonds is 6. The second-order valence-electron chi connectivity index (χ2n) is 11.6. The van der Waals surface area contributed by atoms with E-state index in [0.717, 1.165) is 17.5 Å². The molecule has 6 rings (SSSR count). The Hall–Kier alpha value is -4.42. The molecule has 3 amide bonds. The van der Waals surface area contributed by atoms with Crippen molar-refractivity contribution in [3.8, 4) is 0 Å². The van der Waals surface area contributed by atoms with E-state index in [1.54, 1.807) is 29.2 Å². The summed E-state index contributed by atoms with van der Waals surface area (Å²) in [6.07, 6.45) is 0.814. The van der Waals surface area contributed by atoms with Gasteiger partial charge in [0.15, 0.2) is 11.3 Å². The van der Waals surface area contributed by atoms with E-state index in [1.165, 1.54) is 0 Å². The molecule has 7 heteroatoms. The number of halogens is 1. The van der Waals surface area contributed by atoms with Crippen molar-refractivity contribution in [2.24, 2.45) is 11.8 Å². The van der Waals surface area contributed by atoms with Crippen molar-refractivity contribution >= 4 is 40.7 Å². The number of Topliss-reactive ketones (excluding diaryl/α,β-unsaturated/α-hetero) is 1. The van der Waals surface area contributed by atoms with Crippen molar-refractivity contribution < 1.29 is 14.4 Å². The monoisotopic (exact) mass is 591 g/mol. The van der Waals surface area contributed by atoms with Crippen LogP contribution in [0.15, 0.2) is 103 Å². The molecule has 1 spiro atoms. The first-order valence-electron chi connectivity index (χ1n) is 14.7. The minimum absolute atomic E-state index is 0.112. The van der Waals surface area contributed by atoms with E-state index in [1.807, 2.05) is 92.7 Å². The Morgan fingerprint density at radius 1 is 0.930 bits per heavy atom. The normalized spacial score (nSPS) is 22.5. The van der Waals surface area contributed by atoms with Gasteiger partial charge in [-0.25, -0.2) is 4.79 Å². The van der Waals surface area contributed by atoms with Crippen molar-refractivity contribution in [1.82, 2.24) is 4.90 Å². The number of urea groups is 1. The lowest BCUT2D eigenvalue weighted by atomic mass is 9.68. The quantitative estimate of drug-likeness (QED) is 0.224. The van der Waals surface area contributed by atoms with Crippen LogP contribution in [0.4, 0.5) is 16.2 Å². The van der Waals surface area contributed by atoms with Gasteiger partial charge in [-0.05, 0) is 53.8 Å². The van der Waals surface area contributed by atoms with Crippen LogP contribution in [0.25, 0.3) is 0 Å². The van der Waals surface area contributed by atoms with Gasteiger partial charge in [-0.3, -0.25) is 9.59 Å². The molecule has 218 valence electrons. The zero-order valence-corrected chi connectivity index (χ0v) is 25.1. The van der Waals surface area contributed by atoms with Gasteiger partial charge >= 0.3 is 6.03 Å². The van der Waals surface area contributed by atoms with Gasteiger partial charge in [0.25, 0.3) is 5.91 Å². The molecule has 2 heterocycles. The number of nitrogens with one attached hydrogen (secondary N) is 2. The Labute approximate surface area is 257 Å². The molecule has 0 aliphatic carbocycles. The number of fused-ring (bicyclic) bond motifs is 2. The van der Waals surface area contributed by atoms with Crippen molar-refractivity contribution in [2.45, 2.75) is 44.7 Å². The van der Waals surface area contributed by atoms with Gasteiger partial charge in [-0.15, -0.1) is 0 Å². The molecule has 0 bridgehead atoms. The number of hydrogen-bond acceptors (Lipinski definition) is 3. The van der Waals surface area contributed by atoms with Gasteiger partial charge in [-0.2, -0.15) is 0 Å². The summed E-state index contributed by atoms with van der Waals surface area (Å²) >= 11 is 6.31. The van der Waals surface area contributed by atoms with Crippen molar-refractivity contribution in [1.29, 1.82) is 0 Å². The Kier molecular flexibility index (Phi) is 7.57. The summed E-state index contributed by atoms with van der Waals surface area (Å²) in [7, 11) is 0. The van der Waals surface area contributed by atoms with Gasteiger partial charge in [-0.1, -0.05) is 105 Å². The number of para-hydroxylation sites is 1. The molecular formula is C36H34ClN3O3. The maximum atomic E-state index is 14.8. The van der Waals surface area contributed by atoms with Crippen LogP contribution in [0, 0.1) is 11.8 Å². The highest BCUT2D eigenvalue weighted by Gasteiger charge is 2.70. The van der Waals surface area contributed by atoms with Gasteiger partial charge in [0.2, 0.25) is 0 Å². The van der Waals surface area contributed by atoms with Crippen molar-refractivity contribution in [3.63, 3.8) is 0 Å². The molecule has 2 aliphatic rings. The Morgan fingerprint density at radius 3 is 2.33 bits per heavy atom.